The molecule has 0 bridgehead atoms. The molecule has 2 fully saturated rings. The van der Waals surface area contributed by atoms with E-state index in [1.54, 1.807) is 0 Å². The Balaban J connectivity index is 1.30. The zero-order chi connectivity index (χ0) is 26.1. The van der Waals surface area contributed by atoms with Gasteiger partial charge in [-0.1, -0.05) is 6.07 Å². The lowest BCUT2D eigenvalue weighted by atomic mass is 9.91. The third-order valence-electron chi connectivity index (χ3n) is 7.35. The van der Waals surface area contributed by atoms with Gasteiger partial charge in [0.25, 0.3) is 11.5 Å². The van der Waals surface area contributed by atoms with Crippen LogP contribution >= 0.6 is 0 Å². The second-order valence-electron chi connectivity index (χ2n) is 9.71. The average molecular weight is 509 g/mol. The number of aromatic nitrogens is 2. The molecule has 1 amide bonds. The van der Waals surface area contributed by atoms with Gasteiger partial charge in [-0.2, -0.15) is 0 Å². The van der Waals surface area contributed by atoms with Gasteiger partial charge in [0.15, 0.2) is 0 Å². The topological polar surface area (TPSA) is 104 Å². The quantitative estimate of drug-likeness (QED) is 0.516. The average Bonchev–Trinajstić information content (AvgIpc) is 3.36. The Bertz CT molecular complexity index is 1530. The highest BCUT2D eigenvalue weighted by atomic mass is 19.1. The van der Waals surface area contributed by atoms with Crippen LogP contribution in [0.1, 0.15) is 48.0 Å². The van der Waals surface area contributed by atoms with Gasteiger partial charge < -0.3 is 5.32 Å². The normalized spacial score (nSPS) is 20.2. The van der Waals surface area contributed by atoms with Crippen LogP contribution in [0, 0.1) is 11.6 Å². The summed E-state index contributed by atoms with van der Waals surface area (Å²) in [7, 11) is 0. The summed E-state index contributed by atoms with van der Waals surface area (Å²) in [5.41, 5.74) is 0.0103. The smallest absolute Gasteiger partial charge is 0.329 e. The number of nitrogens with one attached hydrogen (secondary N) is 2. The van der Waals surface area contributed by atoms with Crippen molar-refractivity contribution in [2.24, 2.45) is 0 Å². The summed E-state index contributed by atoms with van der Waals surface area (Å²) in [5, 5.41) is 2.94. The lowest BCUT2D eigenvalue weighted by molar-refractivity contribution is 0.0931. The molecule has 2 N–H and O–H groups in total. The lowest BCUT2D eigenvalue weighted by Gasteiger charge is -2.31. The predicted octanol–water partition coefficient (Wildman–Crippen LogP) is 2.52. The molecule has 2 aliphatic rings. The maximum absolute atomic E-state index is 14.6. The number of aromatic amines is 1. The van der Waals surface area contributed by atoms with Crippen LogP contribution in [0.15, 0.2) is 51.6 Å². The van der Waals surface area contributed by atoms with Crippen LogP contribution in [-0.4, -0.2) is 51.5 Å². The summed E-state index contributed by atoms with van der Waals surface area (Å²) in [6.07, 6.45) is 4.04. The van der Waals surface area contributed by atoms with E-state index in [-0.39, 0.29) is 29.1 Å². The number of allylic oxidation sites excluding steroid dienone is 1. The van der Waals surface area contributed by atoms with Gasteiger partial charge in [0.1, 0.15) is 17.6 Å². The van der Waals surface area contributed by atoms with Crippen molar-refractivity contribution >= 4 is 22.8 Å². The van der Waals surface area contributed by atoms with Crippen LogP contribution in [0.5, 0.6) is 0 Å². The monoisotopic (exact) mass is 508 g/mol. The van der Waals surface area contributed by atoms with E-state index in [9.17, 15) is 28.0 Å². The van der Waals surface area contributed by atoms with Gasteiger partial charge in [0.05, 0.1) is 23.0 Å². The minimum atomic E-state index is -0.700. The Morgan fingerprint density at radius 2 is 1.86 bits per heavy atom. The highest BCUT2D eigenvalue weighted by molar-refractivity contribution is 5.95. The number of carbonyl (C=O) groups excluding carboxylic acids is 2. The molecular formula is C27H26F2N4O4. The van der Waals surface area contributed by atoms with E-state index in [0.717, 1.165) is 56.4 Å². The van der Waals surface area contributed by atoms with Gasteiger partial charge in [-0.25, -0.2) is 18.4 Å². The maximum atomic E-state index is 14.6. The predicted molar refractivity (Wildman–Crippen MR) is 133 cm³/mol. The molecule has 192 valence electrons. The van der Waals surface area contributed by atoms with E-state index in [1.165, 1.54) is 28.8 Å². The first-order chi connectivity index (χ1) is 17.8. The number of H-pyrrole nitrogens is 1. The van der Waals surface area contributed by atoms with Crippen LogP contribution in [0.2, 0.25) is 0 Å². The second kappa shape index (κ2) is 10.2. The number of likely N-dealkylation sites (tertiary alicyclic amines) is 1. The van der Waals surface area contributed by atoms with Crippen LogP contribution < -0.4 is 16.6 Å². The summed E-state index contributed by atoms with van der Waals surface area (Å²) in [5.74, 6) is 0.182. The van der Waals surface area contributed by atoms with E-state index >= 15 is 0 Å². The fourth-order valence-electron chi connectivity index (χ4n) is 5.37. The van der Waals surface area contributed by atoms with Gasteiger partial charge >= 0.3 is 5.69 Å². The fourth-order valence-corrected chi connectivity index (χ4v) is 5.37. The molecule has 8 nitrogen and oxygen atoms in total. The SMILES string of the molecule is O=C=C1CCC(N2CCC(NC(=O)c3cc(Cn4c(=O)[nH]c(=O)c5cc(F)ccc54)ccc3F)C2)CC1. The first kappa shape index (κ1) is 24.8. The Kier molecular flexibility index (Phi) is 6.86. The summed E-state index contributed by atoms with van der Waals surface area (Å²) < 4.78 is 29.5. The van der Waals surface area contributed by atoms with E-state index in [4.69, 9.17) is 0 Å². The van der Waals surface area contributed by atoms with Crippen LogP contribution in [0.4, 0.5) is 8.78 Å². The van der Waals surface area contributed by atoms with Crippen molar-refractivity contribution in [1.82, 2.24) is 19.8 Å². The third-order valence-corrected chi connectivity index (χ3v) is 7.35. The minimum Gasteiger partial charge on any atom is -0.348 e. The van der Waals surface area contributed by atoms with Gasteiger partial charge in [0.2, 0.25) is 0 Å². The molecule has 2 heterocycles. The van der Waals surface area contributed by atoms with Crippen LogP contribution in [-0.2, 0) is 11.3 Å². The number of benzene rings is 2. The van der Waals surface area contributed by atoms with Crippen molar-refractivity contribution in [3.05, 3.63) is 85.6 Å². The number of halogens is 2. The molecular weight excluding hydrogens is 482 g/mol. The van der Waals surface area contributed by atoms with E-state index < -0.39 is 28.8 Å². The highest BCUT2D eigenvalue weighted by Gasteiger charge is 2.31. The van der Waals surface area contributed by atoms with Crippen molar-refractivity contribution < 1.29 is 18.4 Å². The molecule has 1 atom stereocenters. The molecule has 1 saturated heterocycles. The molecule has 1 aromatic heterocycles. The first-order valence-electron chi connectivity index (χ1n) is 12.3. The number of hydrogen-bond donors (Lipinski definition) is 2. The lowest BCUT2D eigenvalue weighted by Crippen LogP contribution is -2.40. The first-order valence-corrected chi connectivity index (χ1v) is 12.3. The standard InChI is InChI=1S/C27H26F2N4O4/c28-18-4-8-24-22(12-18)26(36)31-27(37)33(24)13-17-3-7-23(29)21(11-17)25(35)30-19-9-10-32(14-19)20-5-1-16(15-34)2-6-20/h3-4,7-8,11-12,19-20H,1-2,5-6,9-10,13-14H2,(H,30,35)(H,31,36,37). The van der Waals surface area contributed by atoms with E-state index in [2.05, 4.69) is 15.2 Å². The van der Waals surface area contributed by atoms with Crippen LogP contribution in [0.3, 0.4) is 0 Å². The number of fused-ring (bicyclic) bond motifs is 1. The van der Waals surface area contributed by atoms with Gasteiger partial charge in [0, 0.05) is 30.7 Å². The van der Waals surface area contributed by atoms with Gasteiger partial charge in [-0.05, 0) is 68.0 Å². The number of carbonyl (C=O) groups is 1. The summed E-state index contributed by atoms with van der Waals surface area (Å²) >= 11 is 0. The molecule has 5 rings (SSSR count). The number of rotatable bonds is 5. The zero-order valence-corrected chi connectivity index (χ0v) is 20.1. The van der Waals surface area contributed by atoms with Crippen molar-refractivity contribution in [2.75, 3.05) is 13.1 Å². The number of hydrogen-bond acceptors (Lipinski definition) is 5. The molecule has 37 heavy (non-hydrogen) atoms. The van der Waals surface area contributed by atoms with Crippen molar-refractivity contribution in [3.8, 4) is 0 Å². The van der Waals surface area contributed by atoms with Crippen molar-refractivity contribution in [2.45, 2.75) is 50.7 Å². The highest BCUT2D eigenvalue weighted by Crippen LogP contribution is 2.28. The van der Waals surface area contributed by atoms with Crippen LogP contribution in [0.25, 0.3) is 10.9 Å². The molecule has 10 heteroatoms. The Morgan fingerprint density at radius 1 is 1.08 bits per heavy atom. The number of amides is 1. The largest absolute Gasteiger partial charge is 0.348 e. The zero-order valence-electron chi connectivity index (χ0n) is 20.1. The van der Waals surface area contributed by atoms with Gasteiger partial charge in [-0.15, -0.1) is 0 Å². The van der Waals surface area contributed by atoms with Crippen molar-refractivity contribution in [1.29, 1.82) is 0 Å². The molecule has 1 saturated carbocycles. The minimum absolute atomic E-state index is 0.0156. The molecule has 3 aromatic rings. The Labute approximate surface area is 210 Å². The fraction of sp³-hybridized carbons (Fsp3) is 0.370. The van der Waals surface area contributed by atoms with Gasteiger partial charge in [-0.3, -0.25) is 24.0 Å². The Morgan fingerprint density at radius 3 is 2.62 bits per heavy atom. The third kappa shape index (κ3) is 5.16. The molecule has 1 unspecified atom stereocenters. The van der Waals surface area contributed by atoms with E-state index in [1.807, 2.05) is 5.94 Å². The second-order valence-corrected chi connectivity index (χ2v) is 9.71. The molecule has 1 aliphatic heterocycles. The molecule has 2 aromatic carbocycles. The molecule has 0 radical (unpaired) electrons. The molecule has 0 spiro atoms. The summed E-state index contributed by atoms with van der Waals surface area (Å²) in [6.45, 7) is 1.43. The van der Waals surface area contributed by atoms with Crippen molar-refractivity contribution in [3.63, 3.8) is 0 Å². The maximum Gasteiger partial charge on any atom is 0.329 e. The molecule has 1 aliphatic carbocycles. The van der Waals surface area contributed by atoms with E-state index in [0.29, 0.717) is 18.2 Å². The number of nitrogens with zero attached hydrogens (tertiary/aromatic N) is 2. The summed E-state index contributed by atoms with van der Waals surface area (Å²) in [4.78, 5) is 52.9. The summed E-state index contributed by atoms with van der Waals surface area (Å²) in [6, 6.07) is 7.79. The Hall–Kier alpha value is -3.88.